The summed E-state index contributed by atoms with van der Waals surface area (Å²) in [7, 11) is -7.33. The smallest absolute Gasteiger partial charge is 0.181 e. The van der Waals surface area contributed by atoms with E-state index in [-0.39, 0.29) is 31.9 Å². The minimum atomic E-state index is -3.67. The standard InChI is InChI=1S/C30H38N2O6S2/c33-31-29-25-17-15-23(39(35,36)21-11-7-3-1-4-8-12-21)19-27(25)30(32-34)28-20-24(16-18-26(28)29)40(37,38)22-13-9-5-2-6-10-14-22/h15-22,31,33H,1-14H2. The van der Waals surface area contributed by atoms with Crippen LogP contribution in [0.15, 0.2) is 51.4 Å². The first-order valence-corrected chi connectivity index (χ1v) is 17.6. The maximum absolute atomic E-state index is 13.7. The first-order valence-electron chi connectivity index (χ1n) is 14.5. The topological polar surface area (TPSA) is 130 Å². The Morgan fingerprint density at radius 2 is 0.975 bits per heavy atom. The Kier molecular flexibility index (Phi) is 8.78. The molecule has 0 radical (unpaired) electrons. The maximum Gasteiger partial charge on any atom is 0.181 e. The summed E-state index contributed by atoms with van der Waals surface area (Å²) in [4.78, 5) is 12.5. The third-order valence-electron chi connectivity index (χ3n) is 8.87. The van der Waals surface area contributed by atoms with E-state index in [2.05, 4.69) is 10.7 Å². The van der Waals surface area contributed by atoms with Gasteiger partial charge in [-0.1, -0.05) is 76.3 Å². The molecule has 2 saturated carbocycles. The predicted molar refractivity (Wildman–Crippen MR) is 159 cm³/mol. The molecule has 0 amide bonds. The Morgan fingerprint density at radius 1 is 0.600 bits per heavy atom. The second-order valence-corrected chi connectivity index (χ2v) is 15.8. The summed E-state index contributed by atoms with van der Waals surface area (Å²) in [6.45, 7) is 0. The van der Waals surface area contributed by atoms with Crippen molar-refractivity contribution in [3.63, 3.8) is 0 Å². The molecule has 3 aromatic rings. The minimum Gasteiger partial charge on any atom is -0.291 e. The Hall–Kier alpha value is -2.56. The fraction of sp³-hybridized carbons (Fsp3) is 0.533. The number of nitroso groups, excluding NO2 is 1. The molecule has 0 saturated heterocycles. The van der Waals surface area contributed by atoms with Crippen LogP contribution in [0.2, 0.25) is 0 Å². The van der Waals surface area contributed by atoms with E-state index in [1.807, 2.05) is 0 Å². The van der Waals surface area contributed by atoms with Crippen molar-refractivity contribution in [1.82, 2.24) is 0 Å². The number of hydrogen-bond acceptors (Lipinski definition) is 8. The first-order chi connectivity index (χ1) is 19.3. The molecule has 0 unspecified atom stereocenters. The molecule has 3 aromatic carbocycles. The van der Waals surface area contributed by atoms with Crippen LogP contribution in [0.1, 0.15) is 89.9 Å². The lowest BCUT2D eigenvalue weighted by atomic mass is 9.99. The molecule has 2 N–H and O–H groups in total. The minimum absolute atomic E-state index is 0.0339. The van der Waals surface area contributed by atoms with E-state index >= 15 is 0 Å². The maximum atomic E-state index is 13.7. The molecule has 2 aliphatic rings. The van der Waals surface area contributed by atoms with Crippen LogP contribution in [0.25, 0.3) is 21.5 Å². The monoisotopic (exact) mass is 586 g/mol. The van der Waals surface area contributed by atoms with Gasteiger partial charge in [0.2, 0.25) is 0 Å². The van der Waals surface area contributed by atoms with Crippen molar-refractivity contribution in [2.75, 3.05) is 5.48 Å². The van der Waals surface area contributed by atoms with Crippen LogP contribution < -0.4 is 5.48 Å². The Bertz CT molecular complexity index is 1490. The van der Waals surface area contributed by atoms with Crippen LogP contribution in [0.3, 0.4) is 0 Å². The van der Waals surface area contributed by atoms with Crippen LogP contribution in [-0.4, -0.2) is 32.5 Å². The molecule has 0 aliphatic heterocycles. The van der Waals surface area contributed by atoms with Crippen molar-refractivity contribution >= 4 is 52.6 Å². The summed E-state index contributed by atoms with van der Waals surface area (Å²) in [6, 6.07) is 9.11. The average Bonchev–Trinajstić information content (AvgIpc) is 2.90. The second-order valence-electron chi connectivity index (χ2n) is 11.4. The zero-order chi connectivity index (χ0) is 28.3. The zero-order valence-corrected chi connectivity index (χ0v) is 24.4. The van der Waals surface area contributed by atoms with E-state index in [9.17, 15) is 26.9 Å². The lowest BCUT2D eigenvalue weighted by molar-refractivity contribution is 0.390. The van der Waals surface area contributed by atoms with Gasteiger partial charge in [-0.05, 0) is 55.1 Å². The fourth-order valence-corrected chi connectivity index (χ4v) is 10.3. The summed E-state index contributed by atoms with van der Waals surface area (Å²) in [6.07, 6.45) is 12.2. The van der Waals surface area contributed by atoms with Gasteiger partial charge in [0.15, 0.2) is 19.7 Å². The summed E-state index contributed by atoms with van der Waals surface area (Å²) < 4.78 is 54.7. The molecule has 0 atom stereocenters. The first kappa shape index (κ1) is 29.0. The third kappa shape index (κ3) is 5.50. The van der Waals surface area contributed by atoms with Gasteiger partial charge in [-0.15, -0.1) is 4.91 Å². The molecular formula is C30H38N2O6S2. The van der Waals surface area contributed by atoms with Gasteiger partial charge in [-0.25, -0.2) is 16.8 Å². The van der Waals surface area contributed by atoms with Crippen molar-refractivity contribution in [3.05, 3.63) is 41.3 Å². The summed E-state index contributed by atoms with van der Waals surface area (Å²) in [5.74, 6) is 0. The second kappa shape index (κ2) is 12.1. The highest BCUT2D eigenvalue weighted by molar-refractivity contribution is 7.92. The number of rotatable bonds is 6. The number of benzene rings is 3. The average molecular weight is 587 g/mol. The highest BCUT2D eigenvalue weighted by atomic mass is 32.2. The van der Waals surface area contributed by atoms with Gasteiger partial charge in [0.25, 0.3) is 0 Å². The van der Waals surface area contributed by atoms with Crippen molar-refractivity contribution in [2.24, 2.45) is 5.18 Å². The predicted octanol–water partition coefficient (Wildman–Crippen LogP) is 7.97. The van der Waals surface area contributed by atoms with Gasteiger partial charge in [-0.2, -0.15) is 0 Å². The van der Waals surface area contributed by atoms with Crippen molar-refractivity contribution in [3.8, 4) is 0 Å². The summed E-state index contributed by atoms with van der Waals surface area (Å²) in [5.41, 5.74) is 2.43. The van der Waals surface area contributed by atoms with Crippen LogP contribution in [-0.2, 0) is 19.7 Å². The molecule has 0 bridgehead atoms. The molecule has 0 spiro atoms. The number of hydrogen-bond donors (Lipinski definition) is 2. The van der Waals surface area contributed by atoms with E-state index < -0.39 is 30.2 Å². The Morgan fingerprint density at radius 3 is 1.32 bits per heavy atom. The lowest BCUT2D eigenvalue weighted by Crippen LogP contribution is -2.22. The molecule has 40 heavy (non-hydrogen) atoms. The van der Waals surface area contributed by atoms with Gasteiger partial charge in [-0.3, -0.25) is 10.7 Å². The zero-order valence-electron chi connectivity index (χ0n) is 22.8. The lowest BCUT2D eigenvalue weighted by Gasteiger charge is -2.21. The van der Waals surface area contributed by atoms with Crippen molar-refractivity contribution in [1.29, 1.82) is 0 Å². The van der Waals surface area contributed by atoms with E-state index in [4.69, 9.17) is 0 Å². The van der Waals surface area contributed by atoms with Crippen LogP contribution in [0.4, 0.5) is 11.4 Å². The van der Waals surface area contributed by atoms with E-state index in [0.717, 1.165) is 64.2 Å². The van der Waals surface area contributed by atoms with Crippen molar-refractivity contribution < 1.29 is 22.0 Å². The van der Waals surface area contributed by atoms with Crippen LogP contribution in [0, 0.1) is 4.91 Å². The number of nitrogens with one attached hydrogen (secondary N) is 1. The van der Waals surface area contributed by atoms with Crippen LogP contribution >= 0.6 is 0 Å². The van der Waals surface area contributed by atoms with Crippen LogP contribution in [0.5, 0.6) is 0 Å². The molecule has 216 valence electrons. The van der Waals surface area contributed by atoms with E-state index in [0.29, 0.717) is 36.5 Å². The van der Waals surface area contributed by atoms with Gasteiger partial charge in [0.05, 0.1) is 26.0 Å². The normalized spacial score (nSPS) is 19.0. The SMILES string of the molecule is O=Nc1c2cc(S(=O)(=O)C3CCCCCCC3)ccc2c(NO)c2ccc(S(=O)(=O)C3CCCCCCC3)cc12. The van der Waals surface area contributed by atoms with Crippen molar-refractivity contribution in [2.45, 2.75) is 110 Å². The third-order valence-corrected chi connectivity index (χ3v) is 13.4. The number of sulfone groups is 2. The summed E-state index contributed by atoms with van der Waals surface area (Å²) >= 11 is 0. The molecule has 0 heterocycles. The molecular weight excluding hydrogens is 548 g/mol. The highest BCUT2D eigenvalue weighted by Gasteiger charge is 2.30. The van der Waals surface area contributed by atoms with Gasteiger partial charge < -0.3 is 0 Å². The van der Waals surface area contributed by atoms with E-state index in [1.54, 1.807) is 12.1 Å². The number of fused-ring (bicyclic) bond motifs is 2. The number of nitrogens with zero attached hydrogens (tertiary/aromatic N) is 1. The molecule has 0 aromatic heterocycles. The van der Waals surface area contributed by atoms with E-state index in [1.165, 1.54) is 24.3 Å². The largest absolute Gasteiger partial charge is 0.291 e. The fourth-order valence-electron chi connectivity index (χ4n) is 6.58. The number of anilines is 1. The van der Waals surface area contributed by atoms with Gasteiger partial charge in [0, 0.05) is 21.5 Å². The Balaban J connectivity index is 1.65. The molecule has 2 aliphatic carbocycles. The molecule has 5 rings (SSSR count). The van der Waals surface area contributed by atoms with Gasteiger partial charge >= 0.3 is 0 Å². The quantitative estimate of drug-likeness (QED) is 0.170. The molecule has 2 fully saturated rings. The van der Waals surface area contributed by atoms with Gasteiger partial charge in [0.1, 0.15) is 5.69 Å². The summed E-state index contributed by atoms with van der Waals surface area (Å²) in [5, 5.41) is 13.7. The molecule has 10 heteroatoms. The highest BCUT2D eigenvalue weighted by Crippen LogP contribution is 2.44. The Labute approximate surface area is 236 Å². The molecule has 8 nitrogen and oxygen atoms in total.